The van der Waals surface area contributed by atoms with Gasteiger partial charge in [-0.2, -0.15) is 5.10 Å². The minimum absolute atomic E-state index is 0.0976. The summed E-state index contributed by atoms with van der Waals surface area (Å²) >= 11 is 5.60. The van der Waals surface area contributed by atoms with Crippen LogP contribution in [0.2, 0.25) is 5.15 Å². The van der Waals surface area contributed by atoms with Crippen LogP contribution in [0.1, 0.15) is 20.8 Å². The smallest absolute Gasteiger partial charge is 0.353 e. The number of anilines is 1. The SMILES string of the molecule is O=C(O)c1cc(NC(=O)c2cc(Cl)ncc2[N+](=O)[O-])n[nH]1. The first-order valence-electron chi connectivity index (χ1n) is 5.28. The third-order valence-electron chi connectivity index (χ3n) is 2.34. The van der Waals surface area contributed by atoms with Crippen LogP contribution < -0.4 is 5.32 Å². The van der Waals surface area contributed by atoms with E-state index in [0.717, 1.165) is 18.3 Å². The number of hydrogen-bond acceptors (Lipinski definition) is 6. The van der Waals surface area contributed by atoms with Gasteiger partial charge in [-0.25, -0.2) is 9.78 Å². The third-order valence-corrected chi connectivity index (χ3v) is 2.55. The molecule has 3 N–H and O–H groups in total. The molecule has 0 aliphatic rings. The molecule has 0 saturated carbocycles. The van der Waals surface area contributed by atoms with E-state index in [9.17, 15) is 19.7 Å². The largest absolute Gasteiger partial charge is 0.477 e. The number of carboxylic acid groups (broad SMARTS) is 1. The highest BCUT2D eigenvalue weighted by atomic mass is 35.5. The number of aromatic carboxylic acids is 1. The summed E-state index contributed by atoms with van der Waals surface area (Å²) in [6.07, 6.45) is 0.852. The van der Waals surface area contributed by atoms with Crippen molar-refractivity contribution in [1.82, 2.24) is 15.2 Å². The molecule has 2 rings (SSSR count). The summed E-state index contributed by atoms with van der Waals surface area (Å²) in [5.74, 6) is -2.23. The first-order chi connectivity index (χ1) is 9.88. The Hall–Kier alpha value is -3.01. The minimum Gasteiger partial charge on any atom is -0.477 e. The van der Waals surface area contributed by atoms with Crippen molar-refractivity contribution >= 4 is 35.0 Å². The number of rotatable bonds is 4. The fraction of sp³-hybridized carbons (Fsp3) is 0. The number of amides is 1. The summed E-state index contributed by atoms with van der Waals surface area (Å²) in [4.78, 5) is 36.2. The molecule has 11 heteroatoms. The Balaban J connectivity index is 2.29. The number of aromatic nitrogens is 3. The van der Waals surface area contributed by atoms with Gasteiger partial charge < -0.3 is 10.4 Å². The van der Waals surface area contributed by atoms with Crippen LogP contribution in [-0.4, -0.2) is 37.1 Å². The van der Waals surface area contributed by atoms with Gasteiger partial charge in [0.1, 0.15) is 22.6 Å². The van der Waals surface area contributed by atoms with Gasteiger partial charge in [-0.3, -0.25) is 20.0 Å². The number of hydrogen-bond donors (Lipinski definition) is 3. The van der Waals surface area contributed by atoms with Crippen LogP contribution in [0.3, 0.4) is 0 Å². The Morgan fingerprint density at radius 3 is 2.71 bits per heavy atom. The Kier molecular flexibility index (Phi) is 3.80. The van der Waals surface area contributed by atoms with Crippen molar-refractivity contribution in [3.63, 3.8) is 0 Å². The van der Waals surface area contributed by atoms with Gasteiger partial charge in [-0.1, -0.05) is 11.6 Å². The fourth-order valence-corrected chi connectivity index (χ4v) is 1.59. The number of carboxylic acids is 1. The van der Waals surface area contributed by atoms with E-state index in [1.54, 1.807) is 0 Å². The third kappa shape index (κ3) is 3.12. The number of pyridine rings is 1. The predicted octanol–water partition coefficient (Wildman–Crippen LogP) is 1.32. The highest BCUT2D eigenvalue weighted by Crippen LogP contribution is 2.21. The molecule has 108 valence electrons. The standard InChI is InChI=1S/C10H6ClN5O5/c11-7-1-4(6(3-12-7)16(20)21)9(17)13-8-2-5(10(18)19)14-15-8/h1-3H,(H,18,19)(H2,13,14,15,17). The molecule has 21 heavy (non-hydrogen) atoms. The number of nitro groups is 1. The van der Waals surface area contributed by atoms with E-state index in [4.69, 9.17) is 16.7 Å². The van der Waals surface area contributed by atoms with Crippen molar-refractivity contribution in [1.29, 1.82) is 0 Å². The van der Waals surface area contributed by atoms with Gasteiger partial charge in [0, 0.05) is 6.07 Å². The monoisotopic (exact) mass is 311 g/mol. The van der Waals surface area contributed by atoms with E-state index in [0.29, 0.717) is 0 Å². The molecular formula is C10H6ClN5O5. The zero-order chi connectivity index (χ0) is 15.6. The predicted molar refractivity (Wildman–Crippen MR) is 69.4 cm³/mol. The van der Waals surface area contributed by atoms with Crippen LogP contribution in [0.25, 0.3) is 0 Å². The number of aromatic amines is 1. The van der Waals surface area contributed by atoms with Crippen LogP contribution >= 0.6 is 11.6 Å². The van der Waals surface area contributed by atoms with Gasteiger partial charge in [0.25, 0.3) is 11.6 Å². The maximum absolute atomic E-state index is 12.0. The maximum Gasteiger partial charge on any atom is 0.353 e. The topological polar surface area (TPSA) is 151 Å². The van der Waals surface area contributed by atoms with E-state index in [2.05, 4.69) is 20.5 Å². The number of nitrogens with one attached hydrogen (secondary N) is 2. The second-order valence-electron chi connectivity index (χ2n) is 3.71. The summed E-state index contributed by atoms with van der Waals surface area (Å²) < 4.78 is 0. The molecule has 0 aliphatic heterocycles. The minimum atomic E-state index is -1.26. The molecule has 0 fully saturated rings. The van der Waals surface area contributed by atoms with E-state index in [1.807, 2.05) is 0 Å². The molecule has 2 aromatic heterocycles. The van der Waals surface area contributed by atoms with Crippen LogP contribution in [0, 0.1) is 10.1 Å². The lowest BCUT2D eigenvalue weighted by Gasteiger charge is -2.03. The molecule has 0 atom stereocenters. The molecule has 0 spiro atoms. The van der Waals surface area contributed by atoms with Crippen molar-refractivity contribution in [3.8, 4) is 0 Å². The summed E-state index contributed by atoms with van der Waals surface area (Å²) in [6, 6.07) is 2.09. The van der Waals surface area contributed by atoms with E-state index < -0.39 is 22.5 Å². The van der Waals surface area contributed by atoms with E-state index in [-0.39, 0.29) is 22.2 Å². The van der Waals surface area contributed by atoms with Crippen molar-refractivity contribution in [2.75, 3.05) is 5.32 Å². The van der Waals surface area contributed by atoms with Gasteiger partial charge >= 0.3 is 5.97 Å². The zero-order valence-electron chi connectivity index (χ0n) is 10.0. The number of carbonyl (C=O) groups is 2. The van der Waals surface area contributed by atoms with Crippen LogP contribution in [0.15, 0.2) is 18.3 Å². The van der Waals surface area contributed by atoms with Crippen molar-refractivity contribution in [2.45, 2.75) is 0 Å². The Morgan fingerprint density at radius 1 is 1.43 bits per heavy atom. The average Bonchev–Trinajstić information content (AvgIpc) is 2.86. The van der Waals surface area contributed by atoms with Gasteiger partial charge in [-0.15, -0.1) is 0 Å². The van der Waals surface area contributed by atoms with Gasteiger partial charge in [0.2, 0.25) is 0 Å². The van der Waals surface area contributed by atoms with Gasteiger partial charge in [0.05, 0.1) is 4.92 Å². The van der Waals surface area contributed by atoms with Gasteiger partial charge in [0.15, 0.2) is 5.82 Å². The van der Waals surface area contributed by atoms with Gasteiger partial charge in [-0.05, 0) is 6.07 Å². The molecule has 10 nitrogen and oxygen atoms in total. The molecule has 0 aliphatic carbocycles. The second-order valence-corrected chi connectivity index (χ2v) is 4.09. The first-order valence-corrected chi connectivity index (χ1v) is 5.66. The number of nitrogens with zero attached hydrogens (tertiary/aromatic N) is 3. The lowest BCUT2D eigenvalue weighted by molar-refractivity contribution is -0.385. The normalized spacial score (nSPS) is 10.1. The molecular weight excluding hydrogens is 306 g/mol. The quantitative estimate of drug-likeness (QED) is 0.437. The lowest BCUT2D eigenvalue weighted by Crippen LogP contribution is -2.14. The lowest BCUT2D eigenvalue weighted by atomic mass is 10.2. The summed E-state index contributed by atoms with van der Waals surface area (Å²) in [5.41, 5.74) is -1.10. The van der Waals surface area contributed by atoms with Crippen LogP contribution in [-0.2, 0) is 0 Å². The first kappa shape index (κ1) is 14.4. The van der Waals surface area contributed by atoms with Crippen molar-refractivity contribution in [2.24, 2.45) is 0 Å². The highest BCUT2D eigenvalue weighted by molar-refractivity contribution is 6.30. The molecule has 2 aromatic rings. The van der Waals surface area contributed by atoms with Crippen molar-refractivity contribution < 1.29 is 19.6 Å². The number of carbonyl (C=O) groups excluding carboxylic acids is 1. The van der Waals surface area contributed by atoms with Crippen LogP contribution in [0.5, 0.6) is 0 Å². The second kappa shape index (κ2) is 5.54. The van der Waals surface area contributed by atoms with E-state index >= 15 is 0 Å². The molecule has 0 aromatic carbocycles. The zero-order valence-corrected chi connectivity index (χ0v) is 10.8. The summed E-state index contributed by atoms with van der Waals surface area (Å²) in [7, 11) is 0. The Morgan fingerprint density at radius 2 is 2.14 bits per heavy atom. The molecule has 0 radical (unpaired) electrons. The molecule has 1 amide bonds. The Bertz CT molecular complexity index is 743. The van der Waals surface area contributed by atoms with Crippen molar-refractivity contribution in [3.05, 3.63) is 44.9 Å². The highest BCUT2D eigenvalue weighted by Gasteiger charge is 2.22. The molecule has 2 heterocycles. The van der Waals surface area contributed by atoms with E-state index in [1.165, 1.54) is 0 Å². The Labute approximate surface area is 120 Å². The maximum atomic E-state index is 12.0. The molecule has 0 bridgehead atoms. The van der Waals surface area contributed by atoms with Crippen LogP contribution in [0.4, 0.5) is 11.5 Å². The molecule has 0 saturated heterocycles. The number of halogens is 1. The average molecular weight is 312 g/mol. The molecule has 0 unspecified atom stereocenters. The summed E-state index contributed by atoms with van der Waals surface area (Å²) in [5, 5.41) is 27.4. The summed E-state index contributed by atoms with van der Waals surface area (Å²) in [6.45, 7) is 0. The fourth-order valence-electron chi connectivity index (χ4n) is 1.43. The number of H-pyrrole nitrogens is 1.